The monoisotopic (exact) mass is 406 g/mol. The van der Waals surface area contributed by atoms with E-state index in [4.69, 9.17) is 4.74 Å². The minimum Gasteiger partial charge on any atom is -0.447 e. The van der Waals surface area contributed by atoms with E-state index in [9.17, 15) is 4.79 Å². The molecule has 0 bridgehead atoms. The second kappa shape index (κ2) is 7.83. The number of carbonyl (C=O) groups is 1. The van der Waals surface area contributed by atoms with Gasteiger partial charge in [0.15, 0.2) is 5.69 Å². The Labute approximate surface area is 174 Å². The molecule has 148 valence electrons. The second-order valence-corrected chi connectivity index (χ2v) is 7.69. The lowest BCUT2D eigenvalue weighted by Crippen LogP contribution is -2.37. The summed E-state index contributed by atoms with van der Waals surface area (Å²) in [5.74, 6) is 0.352. The lowest BCUT2D eigenvalue weighted by atomic mass is 10.0. The van der Waals surface area contributed by atoms with Crippen molar-refractivity contribution in [3.05, 3.63) is 59.2 Å². The van der Waals surface area contributed by atoms with Crippen LogP contribution in [0, 0.1) is 13.8 Å². The van der Waals surface area contributed by atoms with Crippen LogP contribution in [0.25, 0.3) is 11.3 Å². The van der Waals surface area contributed by atoms with Crippen molar-refractivity contribution in [3.63, 3.8) is 0 Å². The van der Waals surface area contributed by atoms with Gasteiger partial charge in [0, 0.05) is 17.5 Å². The van der Waals surface area contributed by atoms with Crippen LogP contribution >= 0.6 is 11.8 Å². The highest BCUT2D eigenvalue weighted by Gasteiger charge is 2.36. The fourth-order valence-corrected chi connectivity index (χ4v) is 3.77. The third-order valence-corrected chi connectivity index (χ3v) is 5.51. The Hall–Kier alpha value is -2.93. The van der Waals surface area contributed by atoms with Crippen LogP contribution in [0.2, 0.25) is 0 Å². The molecule has 1 atom stereocenters. The average Bonchev–Trinajstić information content (AvgIpc) is 2.87. The summed E-state index contributed by atoms with van der Waals surface area (Å²) in [6.07, 6.45) is 1.60. The number of carbonyl (C=O) groups excluding carboxylic acids is 1. The van der Waals surface area contributed by atoms with Crippen molar-refractivity contribution in [3.8, 4) is 17.1 Å². The first-order chi connectivity index (χ1) is 14.0. The molecule has 3 aromatic rings. The van der Waals surface area contributed by atoms with Crippen molar-refractivity contribution in [2.45, 2.75) is 38.6 Å². The summed E-state index contributed by atoms with van der Waals surface area (Å²) >= 11 is 1.40. The van der Waals surface area contributed by atoms with Gasteiger partial charge in [-0.1, -0.05) is 54.6 Å². The van der Waals surface area contributed by atoms with Gasteiger partial charge in [-0.2, -0.15) is 4.98 Å². The molecular weight excluding hydrogens is 384 g/mol. The van der Waals surface area contributed by atoms with Gasteiger partial charge in [0.2, 0.25) is 23.2 Å². The van der Waals surface area contributed by atoms with Crippen LogP contribution in [0.1, 0.15) is 36.3 Å². The van der Waals surface area contributed by atoms with E-state index in [0.29, 0.717) is 23.2 Å². The molecule has 0 unspecified atom stereocenters. The van der Waals surface area contributed by atoms with E-state index in [1.54, 1.807) is 4.90 Å². The molecule has 0 fully saturated rings. The molecule has 2 aromatic carbocycles. The van der Waals surface area contributed by atoms with E-state index in [1.165, 1.54) is 11.8 Å². The first kappa shape index (κ1) is 19.4. The Bertz CT molecular complexity index is 1090. The predicted octanol–water partition coefficient (Wildman–Crippen LogP) is 4.71. The molecule has 0 aliphatic carbocycles. The Morgan fingerprint density at radius 3 is 2.69 bits per heavy atom. The van der Waals surface area contributed by atoms with Gasteiger partial charge in [-0.05, 0) is 37.8 Å². The maximum Gasteiger partial charge on any atom is 0.247 e. The zero-order valence-corrected chi connectivity index (χ0v) is 17.7. The number of ether oxygens (including phenoxy) is 1. The fraction of sp³-hybridized carbons (Fsp3) is 0.273. The zero-order chi connectivity index (χ0) is 20.5. The number of nitrogens with zero attached hydrogens (tertiary/aromatic N) is 4. The van der Waals surface area contributed by atoms with Crippen molar-refractivity contribution < 1.29 is 9.53 Å². The van der Waals surface area contributed by atoms with Crippen LogP contribution in [0.15, 0.2) is 47.6 Å². The average molecular weight is 407 g/mol. The molecule has 1 aromatic heterocycles. The summed E-state index contributed by atoms with van der Waals surface area (Å²) in [6.45, 7) is 5.88. The summed E-state index contributed by atoms with van der Waals surface area (Å²) in [4.78, 5) is 19.4. The molecule has 4 rings (SSSR count). The number of thioether (sulfide) groups is 1. The summed E-state index contributed by atoms with van der Waals surface area (Å²) in [5, 5.41) is 9.14. The standard InChI is InChI=1S/C22H22N4O2S/c1-5-18(27)26-17-11-10-13(2)12-16(17)19-20(23-22(29-4)25-24-19)28-21(26)15-9-7-6-8-14(15)3/h6-12,21H,5H2,1-4H3/t21-/m1/s1. The first-order valence-electron chi connectivity index (χ1n) is 9.47. The summed E-state index contributed by atoms with van der Waals surface area (Å²) < 4.78 is 6.40. The number of anilines is 1. The lowest BCUT2D eigenvalue weighted by Gasteiger charge is -2.31. The molecule has 0 N–H and O–H groups in total. The SMILES string of the molecule is CCC(=O)N1c2ccc(C)cc2-c2nnc(SC)nc2O[C@@H]1c1ccccc1C. The number of aryl methyl sites for hydroxylation is 2. The van der Waals surface area contributed by atoms with E-state index in [-0.39, 0.29) is 5.91 Å². The van der Waals surface area contributed by atoms with Crippen molar-refractivity contribution in [2.24, 2.45) is 0 Å². The first-order valence-corrected chi connectivity index (χ1v) is 10.7. The molecule has 29 heavy (non-hydrogen) atoms. The van der Waals surface area contributed by atoms with Gasteiger partial charge < -0.3 is 4.74 Å². The minimum absolute atomic E-state index is 0.0331. The highest BCUT2D eigenvalue weighted by molar-refractivity contribution is 7.98. The highest BCUT2D eigenvalue weighted by Crippen LogP contribution is 2.44. The van der Waals surface area contributed by atoms with Gasteiger partial charge in [-0.25, -0.2) is 0 Å². The summed E-state index contributed by atoms with van der Waals surface area (Å²) in [5.41, 5.74) is 5.11. The number of benzene rings is 2. The lowest BCUT2D eigenvalue weighted by molar-refractivity contribution is -0.120. The third-order valence-electron chi connectivity index (χ3n) is 4.97. The molecule has 1 aliphatic heterocycles. The smallest absolute Gasteiger partial charge is 0.247 e. The number of hydrogen-bond acceptors (Lipinski definition) is 6. The molecule has 2 heterocycles. The number of fused-ring (bicyclic) bond motifs is 3. The quantitative estimate of drug-likeness (QED) is 0.587. The van der Waals surface area contributed by atoms with Crippen molar-refractivity contribution in [1.82, 2.24) is 15.2 Å². The highest BCUT2D eigenvalue weighted by atomic mass is 32.2. The minimum atomic E-state index is -0.641. The Morgan fingerprint density at radius 2 is 1.97 bits per heavy atom. The Balaban J connectivity index is 2.02. The largest absolute Gasteiger partial charge is 0.447 e. The van der Waals surface area contributed by atoms with E-state index >= 15 is 0 Å². The Morgan fingerprint density at radius 1 is 1.17 bits per heavy atom. The van der Waals surface area contributed by atoms with Crippen LogP contribution in [0.5, 0.6) is 5.88 Å². The number of rotatable bonds is 3. The van der Waals surface area contributed by atoms with Crippen LogP contribution in [-0.2, 0) is 4.79 Å². The second-order valence-electron chi connectivity index (χ2n) is 6.92. The van der Waals surface area contributed by atoms with E-state index < -0.39 is 6.23 Å². The zero-order valence-electron chi connectivity index (χ0n) is 16.8. The van der Waals surface area contributed by atoms with Crippen LogP contribution < -0.4 is 9.64 Å². The van der Waals surface area contributed by atoms with Crippen LogP contribution in [0.4, 0.5) is 5.69 Å². The molecular formula is C22H22N4O2S. The Kier molecular flexibility index (Phi) is 5.24. The normalized spacial score (nSPS) is 15.2. The molecule has 0 saturated heterocycles. The van der Waals surface area contributed by atoms with Crippen LogP contribution in [0.3, 0.4) is 0 Å². The van der Waals surface area contributed by atoms with Gasteiger partial charge in [0.05, 0.1) is 5.69 Å². The van der Waals surface area contributed by atoms with Gasteiger partial charge >= 0.3 is 0 Å². The molecule has 7 heteroatoms. The number of amides is 1. The van der Waals surface area contributed by atoms with Crippen molar-refractivity contribution in [1.29, 1.82) is 0 Å². The van der Waals surface area contributed by atoms with E-state index in [0.717, 1.165) is 27.9 Å². The summed E-state index contributed by atoms with van der Waals surface area (Å²) in [6, 6.07) is 13.9. The predicted molar refractivity (Wildman–Crippen MR) is 114 cm³/mol. The topological polar surface area (TPSA) is 68.2 Å². The van der Waals surface area contributed by atoms with Crippen LogP contribution in [-0.4, -0.2) is 27.3 Å². The molecule has 0 spiro atoms. The maximum atomic E-state index is 13.1. The van der Waals surface area contributed by atoms with Gasteiger partial charge in [0.25, 0.3) is 0 Å². The number of aromatic nitrogens is 3. The fourth-order valence-electron chi connectivity index (χ4n) is 3.47. The van der Waals surface area contributed by atoms with Gasteiger partial charge in [-0.15, -0.1) is 10.2 Å². The van der Waals surface area contributed by atoms with E-state index in [2.05, 4.69) is 15.2 Å². The van der Waals surface area contributed by atoms with Gasteiger partial charge in [0.1, 0.15) is 0 Å². The van der Waals surface area contributed by atoms with Crippen molar-refractivity contribution in [2.75, 3.05) is 11.2 Å². The van der Waals surface area contributed by atoms with E-state index in [1.807, 2.05) is 69.5 Å². The molecule has 0 saturated carbocycles. The third kappa shape index (κ3) is 3.46. The molecule has 6 nitrogen and oxygen atoms in total. The molecule has 1 amide bonds. The maximum absolute atomic E-state index is 13.1. The molecule has 1 aliphatic rings. The summed E-state index contributed by atoms with van der Waals surface area (Å²) in [7, 11) is 0. The molecule has 0 radical (unpaired) electrons. The van der Waals surface area contributed by atoms with Gasteiger partial charge in [-0.3, -0.25) is 9.69 Å². The number of hydrogen-bond donors (Lipinski definition) is 0. The van der Waals surface area contributed by atoms with Crippen molar-refractivity contribution >= 4 is 23.4 Å².